The number of nitrogens with zero attached hydrogens (tertiary/aromatic N) is 2. The second-order valence-corrected chi connectivity index (χ2v) is 3.96. The van der Waals surface area contributed by atoms with Crippen LogP contribution in [-0.2, 0) is 0 Å². The van der Waals surface area contributed by atoms with Crippen LogP contribution in [0, 0.1) is 6.92 Å². The van der Waals surface area contributed by atoms with Crippen LogP contribution in [0.4, 0.5) is 0 Å². The lowest BCUT2D eigenvalue weighted by Crippen LogP contribution is -1.91. The first kappa shape index (κ1) is 10.4. The van der Waals surface area contributed by atoms with E-state index in [2.05, 4.69) is 9.97 Å². The van der Waals surface area contributed by atoms with Crippen molar-refractivity contribution >= 4 is 23.2 Å². The summed E-state index contributed by atoms with van der Waals surface area (Å²) in [6.07, 6.45) is 3.29. The summed E-state index contributed by atoms with van der Waals surface area (Å²) in [7, 11) is 0. The maximum absolute atomic E-state index is 6.08. The summed E-state index contributed by atoms with van der Waals surface area (Å²) in [5.74, 6) is 0. The Kier molecular flexibility index (Phi) is 2.89. The molecule has 0 atom stereocenters. The molecule has 0 aliphatic carbocycles. The third kappa shape index (κ3) is 2.11. The average Bonchev–Trinajstić information content (AvgIpc) is 2.23. The molecule has 0 fully saturated rings. The second kappa shape index (κ2) is 4.17. The minimum atomic E-state index is 0.628. The van der Waals surface area contributed by atoms with Crippen LogP contribution >= 0.6 is 23.2 Å². The SMILES string of the molecule is Cc1nccnc1-c1cc(Cl)ccc1Cl. The summed E-state index contributed by atoms with van der Waals surface area (Å²) in [6.45, 7) is 1.89. The Labute approximate surface area is 97.9 Å². The van der Waals surface area contributed by atoms with Gasteiger partial charge in [0.25, 0.3) is 0 Å². The molecule has 0 unspecified atom stereocenters. The van der Waals surface area contributed by atoms with Gasteiger partial charge in [-0.05, 0) is 25.1 Å². The molecule has 0 radical (unpaired) electrons. The summed E-state index contributed by atoms with van der Waals surface area (Å²) < 4.78 is 0. The van der Waals surface area contributed by atoms with E-state index in [1.54, 1.807) is 30.6 Å². The van der Waals surface area contributed by atoms with Crippen molar-refractivity contribution in [3.63, 3.8) is 0 Å². The fourth-order valence-corrected chi connectivity index (χ4v) is 1.73. The summed E-state index contributed by atoms with van der Waals surface area (Å²) in [5.41, 5.74) is 2.42. The summed E-state index contributed by atoms with van der Waals surface area (Å²) >= 11 is 12.0. The average molecular weight is 239 g/mol. The molecule has 2 rings (SSSR count). The van der Waals surface area contributed by atoms with Gasteiger partial charge >= 0.3 is 0 Å². The zero-order valence-corrected chi connectivity index (χ0v) is 9.55. The Morgan fingerprint density at radius 1 is 1.07 bits per heavy atom. The zero-order valence-electron chi connectivity index (χ0n) is 8.04. The monoisotopic (exact) mass is 238 g/mol. The molecule has 0 bridgehead atoms. The second-order valence-electron chi connectivity index (χ2n) is 3.11. The molecule has 0 spiro atoms. The quantitative estimate of drug-likeness (QED) is 0.757. The van der Waals surface area contributed by atoms with Gasteiger partial charge in [0.1, 0.15) is 0 Å². The highest BCUT2D eigenvalue weighted by atomic mass is 35.5. The van der Waals surface area contributed by atoms with Crippen LogP contribution in [0.1, 0.15) is 5.69 Å². The molecule has 2 aromatic rings. The lowest BCUT2D eigenvalue weighted by atomic mass is 10.1. The van der Waals surface area contributed by atoms with Crippen molar-refractivity contribution in [2.45, 2.75) is 6.92 Å². The maximum Gasteiger partial charge on any atom is 0.0929 e. The maximum atomic E-state index is 6.08. The van der Waals surface area contributed by atoms with Gasteiger partial charge in [-0.3, -0.25) is 9.97 Å². The van der Waals surface area contributed by atoms with Gasteiger partial charge in [0.05, 0.1) is 16.4 Å². The highest BCUT2D eigenvalue weighted by Gasteiger charge is 2.08. The third-order valence-electron chi connectivity index (χ3n) is 2.06. The van der Waals surface area contributed by atoms with Gasteiger partial charge < -0.3 is 0 Å². The lowest BCUT2D eigenvalue weighted by Gasteiger charge is -2.06. The van der Waals surface area contributed by atoms with Crippen LogP contribution in [0.3, 0.4) is 0 Å². The van der Waals surface area contributed by atoms with Crippen LogP contribution < -0.4 is 0 Å². The van der Waals surface area contributed by atoms with Crippen LogP contribution in [0.2, 0.25) is 10.0 Å². The van der Waals surface area contributed by atoms with E-state index < -0.39 is 0 Å². The van der Waals surface area contributed by atoms with Crippen molar-refractivity contribution < 1.29 is 0 Å². The van der Waals surface area contributed by atoms with Crippen LogP contribution in [-0.4, -0.2) is 9.97 Å². The van der Waals surface area contributed by atoms with Crippen molar-refractivity contribution in [2.75, 3.05) is 0 Å². The standard InChI is InChI=1S/C11H8Cl2N2/c1-7-11(15-5-4-14-7)9-6-8(12)2-3-10(9)13/h2-6H,1H3. The molecule has 0 N–H and O–H groups in total. The van der Waals surface area contributed by atoms with Gasteiger partial charge in [0.2, 0.25) is 0 Å². The van der Waals surface area contributed by atoms with Crippen molar-refractivity contribution in [1.29, 1.82) is 0 Å². The van der Waals surface area contributed by atoms with Crippen molar-refractivity contribution in [3.8, 4) is 11.3 Å². The number of aromatic nitrogens is 2. The van der Waals surface area contributed by atoms with Gasteiger partial charge in [-0.15, -0.1) is 0 Å². The molecule has 0 saturated carbocycles. The zero-order chi connectivity index (χ0) is 10.8. The van der Waals surface area contributed by atoms with E-state index in [0.29, 0.717) is 10.0 Å². The first-order valence-electron chi connectivity index (χ1n) is 4.41. The topological polar surface area (TPSA) is 25.8 Å². The number of aryl methyl sites for hydroxylation is 1. The van der Waals surface area contributed by atoms with Gasteiger partial charge in [-0.25, -0.2) is 0 Å². The van der Waals surface area contributed by atoms with E-state index in [1.165, 1.54) is 0 Å². The van der Waals surface area contributed by atoms with Gasteiger partial charge in [0.15, 0.2) is 0 Å². The fourth-order valence-electron chi connectivity index (χ4n) is 1.35. The van der Waals surface area contributed by atoms with Gasteiger partial charge in [-0.1, -0.05) is 23.2 Å². The lowest BCUT2D eigenvalue weighted by molar-refractivity contribution is 1.12. The molecule has 0 saturated heterocycles. The minimum Gasteiger partial charge on any atom is -0.258 e. The number of rotatable bonds is 1. The molecule has 0 aliphatic heterocycles. The number of hydrogen-bond donors (Lipinski definition) is 0. The molecule has 76 valence electrons. The molecular weight excluding hydrogens is 231 g/mol. The first-order chi connectivity index (χ1) is 7.18. The van der Waals surface area contributed by atoms with E-state index in [4.69, 9.17) is 23.2 Å². The molecule has 1 heterocycles. The van der Waals surface area contributed by atoms with E-state index in [0.717, 1.165) is 17.0 Å². The summed E-state index contributed by atoms with van der Waals surface area (Å²) in [4.78, 5) is 8.41. The molecule has 0 aliphatic rings. The summed E-state index contributed by atoms with van der Waals surface area (Å²) in [5, 5.41) is 1.27. The van der Waals surface area contributed by atoms with E-state index >= 15 is 0 Å². The molecule has 1 aromatic heterocycles. The van der Waals surface area contributed by atoms with Crippen molar-refractivity contribution in [2.24, 2.45) is 0 Å². The Morgan fingerprint density at radius 3 is 2.53 bits per heavy atom. The minimum absolute atomic E-state index is 0.628. The van der Waals surface area contributed by atoms with E-state index in [1.807, 2.05) is 6.92 Å². The number of halogens is 2. The Bertz CT molecular complexity index is 498. The molecular formula is C11H8Cl2N2. The number of benzene rings is 1. The Morgan fingerprint density at radius 2 is 1.80 bits per heavy atom. The largest absolute Gasteiger partial charge is 0.258 e. The summed E-state index contributed by atoms with van der Waals surface area (Å²) in [6, 6.07) is 5.30. The van der Waals surface area contributed by atoms with Crippen molar-refractivity contribution in [3.05, 3.63) is 46.3 Å². The third-order valence-corrected chi connectivity index (χ3v) is 2.63. The highest BCUT2D eigenvalue weighted by molar-refractivity contribution is 6.35. The van der Waals surface area contributed by atoms with E-state index in [-0.39, 0.29) is 0 Å². The molecule has 0 amide bonds. The first-order valence-corrected chi connectivity index (χ1v) is 5.17. The molecule has 1 aromatic carbocycles. The highest BCUT2D eigenvalue weighted by Crippen LogP contribution is 2.30. The van der Waals surface area contributed by atoms with Crippen LogP contribution in [0.5, 0.6) is 0 Å². The van der Waals surface area contributed by atoms with Crippen LogP contribution in [0.15, 0.2) is 30.6 Å². The predicted octanol–water partition coefficient (Wildman–Crippen LogP) is 3.76. The van der Waals surface area contributed by atoms with Gasteiger partial charge in [0, 0.05) is 23.0 Å². The van der Waals surface area contributed by atoms with Gasteiger partial charge in [-0.2, -0.15) is 0 Å². The predicted molar refractivity (Wildman–Crippen MR) is 62.2 cm³/mol. The molecule has 15 heavy (non-hydrogen) atoms. The van der Waals surface area contributed by atoms with Crippen molar-refractivity contribution in [1.82, 2.24) is 9.97 Å². The smallest absolute Gasteiger partial charge is 0.0929 e. The normalized spacial score (nSPS) is 10.3. The Balaban J connectivity index is 2.64. The molecule has 2 nitrogen and oxygen atoms in total. The fraction of sp³-hybridized carbons (Fsp3) is 0.0909. The van der Waals surface area contributed by atoms with E-state index in [9.17, 15) is 0 Å². The molecule has 4 heteroatoms. The number of hydrogen-bond acceptors (Lipinski definition) is 2. The van der Waals surface area contributed by atoms with Crippen LogP contribution in [0.25, 0.3) is 11.3 Å². The Hall–Kier alpha value is -1.12.